The van der Waals surface area contributed by atoms with E-state index in [4.69, 9.17) is 28.4 Å². The van der Waals surface area contributed by atoms with Crippen LogP contribution in [0.2, 0.25) is 0 Å². The van der Waals surface area contributed by atoms with Gasteiger partial charge in [-0.05, 0) is 104 Å². The van der Waals surface area contributed by atoms with E-state index in [1.165, 1.54) is 5.57 Å². The molecular weight excluding hydrogens is 852 g/mol. The molecule has 0 spiro atoms. The Kier molecular flexibility index (Phi) is 13.5. The van der Waals surface area contributed by atoms with Crippen molar-refractivity contribution in [2.45, 2.75) is 198 Å². The summed E-state index contributed by atoms with van der Waals surface area (Å²) in [6.07, 6.45) is -12.2. The second-order valence-corrected chi connectivity index (χ2v) is 22.7. The van der Waals surface area contributed by atoms with Gasteiger partial charge in [-0.3, -0.25) is 4.79 Å². The van der Waals surface area contributed by atoms with E-state index in [2.05, 4.69) is 40.7 Å². The molecular formula is C47H74O18. The van der Waals surface area contributed by atoms with Crippen molar-refractivity contribution in [3.05, 3.63) is 11.6 Å². The van der Waals surface area contributed by atoms with Crippen LogP contribution in [0.4, 0.5) is 0 Å². The zero-order valence-electron chi connectivity index (χ0n) is 38.5. The van der Waals surface area contributed by atoms with E-state index in [-0.39, 0.29) is 46.0 Å². The average Bonchev–Trinajstić information content (AvgIpc) is 3.26. The van der Waals surface area contributed by atoms with Crippen LogP contribution in [0.3, 0.4) is 0 Å². The number of rotatable bonds is 9. The fourth-order valence-corrected chi connectivity index (χ4v) is 14.6. The highest BCUT2D eigenvalue weighted by Crippen LogP contribution is 2.76. The van der Waals surface area contributed by atoms with E-state index in [1.54, 1.807) is 0 Å². The Morgan fingerprint density at radius 1 is 0.708 bits per heavy atom. The number of aldehydes is 1. The van der Waals surface area contributed by atoms with Crippen molar-refractivity contribution in [1.82, 2.24) is 0 Å². The number of aliphatic hydroxyl groups is 10. The van der Waals surface area contributed by atoms with Gasteiger partial charge in [0.2, 0.25) is 6.29 Å². The van der Waals surface area contributed by atoms with Gasteiger partial charge in [0.1, 0.15) is 73.4 Å². The van der Waals surface area contributed by atoms with Crippen LogP contribution >= 0.6 is 0 Å². The van der Waals surface area contributed by atoms with Gasteiger partial charge in [-0.15, -0.1) is 0 Å². The van der Waals surface area contributed by atoms with Gasteiger partial charge in [0.05, 0.1) is 36.8 Å². The molecule has 18 heteroatoms. The lowest BCUT2D eigenvalue weighted by atomic mass is 9.33. The number of carbonyl (C=O) groups excluding carboxylic acids is 2. The number of carbonyl (C=O) groups is 2. The molecule has 0 aromatic heterocycles. The Balaban J connectivity index is 1.02. The third-order valence-electron chi connectivity index (χ3n) is 18.9. The second-order valence-electron chi connectivity index (χ2n) is 22.7. The Hall–Kier alpha value is -1.72. The fourth-order valence-electron chi connectivity index (χ4n) is 14.6. The van der Waals surface area contributed by atoms with Crippen LogP contribution < -0.4 is 0 Å². The van der Waals surface area contributed by atoms with E-state index in [0.29, 0.717) is 38.5 Å². The van der Waals surface area contributed by atoms with Gasteiger partial charge in [0.15, 0.2) is 12.6 Å². The number of aliphatic hydroxyl groups excluding tert-OH is 10. The smallest absolute Gasteiger partial charge is 0.315 e. The van der Waals surface area contributed by atoms with Crippen LogP contribution in [0, 0.1) is 50.2 Å². The van der Waals surface area contributed by atoms with Crippen molar-refractivity contribution >= 4 is 12.3 Å². The molecule has 0 unspecified atom stereocenters. The number of allylic oxidation sites excluding steroid dienone is 2. The third kappa shape index (κ3) is 7.71. The normalized spacial score (nSPS) is 54.2. The van der Waals surface area contributed by atoms with Gasteiger partial charge >= 0.3 is 5.97 Å². The summed E-state index contributed by atoms with van der Waals surface area (Å²) in [6, 6.07) is 0. The van der Waals surface area contributed by atoms with E-state index in [0.717, 1.165) is 32.0 Å². The zero-order chi connectivity index (χ0) is 47.4. The van der Waals surface area contributed by atoms with E-state index >= 15 is 0 Å². The molecule has 18 nitrogen and oxygen atoms in total. The van der Waals surface area contributed by atoms with Crippen molar-refractivity contribution in [2.24, 2.45) is 50.2 Å². The molecule has 65 heavy (non-hydrogen) atoms. The Morgan fingerprint density at radius 3 is 1.95 bits per heavy atom. The maximum Gasteiger partial charge on any atom is 0.315 e. The van der Waals surface area contributed by atoms with Crippen LogP contribution in [0.5, 0.6) is 0 Å². The molecule has 0 amide bonds. The molecule has 0 aromatic carbocycles. The fraction of sp³-hybridized carbons (Fsp3) is 0.915. The average molecular weight is 927 g/mol. The SMILES string of the molecule is CC1(C)CC[C@]2(C(=O)O[C@@H]3O[C@H](CO)[C@@H](O)[C@H](O)[C@H]3O)CC[C@]3(C)C(=CC[C@@H]4[C@@]5(C)CC[C@H](O[C@@H]6OC[C@H](O)[C@H](O[C@@H]7O[C@H](CO)[C@@H](O)[C@H](O)[C@H]7O)[C@H]6O)[C@@](C)(C=O)[C@@H]5CC[C@]43C)[C@@H]2C1. The first-order chi connectivity index (χ1) is 30.5. The lowest BCUT2D eigenvalue weighted by Crippen LogP contribution is -2.67. The van der Waals surface area contributed by atoms with Crippen LogP contribution in [0.15, 0.2) is 11.6 Å². The number of hydrogen-bond acceptors (Lipinski definition) is 18. The van der Waals surface area contributed by atoms with Crippen molar-refractivity contribution in [3.63, 3.8) is 0 Å². The Labute approximate surface area is 380 Å². The summed E-state index contributed by atoms with van der Waals surface area (Å²) in [6.45, 7) is 11.7. The summed E-state index contributed by atoms with van der Waals surface area (Å²) in [5.74, 6) is -0.665. The van der Waals surface area contributed by atoms with Crippen LogP contribution in [-0.4, -0.2) is 175 Å². The molecule has 4 saturated carbocycles. The lowest BCUT2D eigenvalue weighted by Gasteiger charge is -2.71. The summed E-state index contributed by atoms with van der Waals surface area (Å²) < 4.78 is 35.3. The highest BCUT2D eigenvalue weighted by atomic mass is 16.7. The van der Waals surface area contributed by atoms with Crippen molar-refractivity contribution in [1.29, 1.82) is 0 Å². The van der Waals surface area contributed by atoms with Crippen LogP contribution in [0.25, 0.3) is 0 Å². The van der Waals surface area contributed by atoms with Gasteiger partial charge < -0.3 is 84.3 Å². The highest BCUT2D eigenvalue weighted by molar-refractivity contribution is 5.79. The number of ether oxygens (including phenoxy) is 6. The molecule has 5 aliphatic carbocycles. The first-order valence-electron chi connectivity index (χ1n) is 23.7. The molecule has 0 radical (unpaired) electrons. The predicted octanol–water partition coefficient (Wildman–Crippen LogP) is -0.0414. The van der Waals surface area contributed by atoms with Crippen molar-refractivity contribution < 1.29 is 89.1 Å². The van der Waals surface area contributed by atoms with Crippen LogP contribution in [-0.2, 0) is 38.0 Å². The molecule has 0 aromatic rings. The maximum absolute atomic E-state index is 14.6. The highest BCUT2D eigenvalue weighted by Gasteiger charge is 2.70. The largest absolute Gasteiger partial charge is 0.432 e. The standard InChI is InChI=1S/C47H74O18/c1-42(2)13-15-47(41(59)65-40-35(57)33(55)31(53)26(19-49)62-40)16-14-45(5)22(23(47)17-42)7-8-28-43(3)11-10-29(44(4,21-50)27(43)9-12-46(28,45)6)63-38-36(58)37(24(51)20-60-38)64-39-34(56)32(54)30(52)25(18-48)61-39/h7,21,23-40,48-49,51-58H,8-20H2,1-6H3/t23-,24-,25+,26+,27+,28+,29-,30+,31+,32-,33-,34+,35+,36+,37-,38-,39-,40-,43-,44-,45+,46+,47-/m0/s1. The van der Waals surface area contributed by atoms with Gasteiger partial charge in [-0.25, -0.2) is 0 Å². The summed E-state index contributed by atoms with van der Waals surface area (Å²) in [5, 5.41) is 105. The Morgan fingerprint density at radius 2 is 1.32 bits per heavy atom. The van der Waals surface area contributed by atoms with E-state index in [1.807, 2.05) is 6.92 Å². The molecule has 0 bridgehead atoms. The maximum atomic E-state index is 14.6. The van der Waals surface area contributed by atoms with Crippen LogP contribution in [0.1, 0.15) is 106 Å². The molecule has 8 aliphatic rings. The summed E-state index contributed by atoms with van der Waals surface area (Å²) >= 11 is 0. The van der Waals surface area contributed by atoms with Gasteiger partial charge in [0, 0.05) is 0 Å². The van der Waals surface area contributed by atoms with Gasteiger partial charge in [-0.2, -0.15) is 0 Å². The molecule has 23 atom stereocenters. The minimum Gasteiger partial charge on any atom is -0.432 e. The third-order valence-corrected chi connectivity index (χ3v) is 18.9. The summed E-state index contributed by atoms with van der Waals surface area (Å²) in [7, 11) is 0. The molecule has 3 saturated heterocycles. The molecule has 3 heterocycles. The topological polar surface area (TPSA) is 292 Å². The number of hydrogen-bond donors (Lipinski definition) is 10. The second kappa shape index (κ2) is 17.6. The quantitative estimate of drug-likeness (QED) is 0.0628. The minimum absolute atomic E-state index is 0.0813. The van der Waals surface area contributed by atoms with Gasteiger partial charge in [0.25, 0.3) is 0 Å². The first-order valence-corrected chi connectivity index (χ1v) is 23.7. The molecule has 10 N–H and O–H groups in total. The predicted molar refractivity (Wildman–Crippen MR) is 225 cm³/mol. The first kappa shape index (κ1) is 49.7. The summed E-state index contributed by atoms with van der Waals surface area (Å²) in [5.41, 5.74) is -1.66. The van der Waals surface area contributed by atoms with Gasteiger partial charge in [-0.1, -0.05) is 53.2 Å². The number of esters is 1. The molecule has 370 valence electrons. The van der Waals surface area contributed by atoms with E-state index < -0.39 is 122 Å². The van der Waals surface area contributed by atoms with Crippen molar-refractivity contribution in [2.75, 3.05) is 19.8 Å². The number of fused-ring (bicyclic) bond motifs is 7. The zero-order valence-corrected chi connectivity index (χ0v) is 38.5. The molecule has 7 fully saturated rings. The minimum atomic E-state index is -1.76. The lowest BCUT2D eigenvalue weighted by molar-refractivity contribution is -0.356. The Bertz CT molecular complexity index is 1790. The summed E-state index contributed by atoms with van der Waals surface area (Å²) in [4.78, 5) is 28.2. The monoisotopic (exact) mass is 926 g/mol. The van der Waals surface area contributed by atoms with E-state index in [9.17, 15) is 60.7 Å². The molecule has 8 rings (SSSR count). The van der Waals surface area contributed by atoms with Crippen molar-refractivity contribution in [3.8, 4) is 0 Å². The molecule has 3 aliphatic heterocycles.